The first kappa shape index (κ1) is 9.59. The van der Waals surface area contributed by atoms with E-state index in [0.29, 0.717) is 11.5 Å². The number of aryl methyl sites for hydroxylation is 1. The van der Waals surface area contributed by atoms with Gasteiger partial charge in [-0.1, -0.05) is 6.07 Å². The molecule has 0 spiro atoms. The summed E-state index contributed by atoms with van der Waals surface area (Å²) in [6.45, 7) is 2.00. The van der Waals surface area contributed by atoms with Crippen molar-refractivity contribution < 1.29 is 4.79 Å². The highest BCUT2D eigenvalue weighted by atomic mass is 32.1. The van der Waals surface area contributed by atoms with E-state index in [9.17, 15) is 4.79 Å². The van der Waals surface area contributed by atoms with Gasteiger partial charge in [0.2, 0.25) is 5.91 Å². The number of hydrogen-bond acceptors (Lipinski definition) is 2. The largest absolute Gasteiger partial charge is 0.366 e. The predicted octanol–water partition coefficient (Wildman–Crippen LogP) is 2.26. The zero-order chi connectivity index (χ0) is 10.3. The molecule has 2 rings (SSSR count). The lowest BCUT2D eigenvalue weighted by molar-refractivity contribution is 0.0999. The van der Waals surface area contributed by atoms with Gasteiger partial charge in [-0.2, -0.15) is 0 Å². The topological polar surface area (TPSA) is 43.1 Å². The highest BCUT2D eigenvalue weighted by Gasteiger charge is 2.29. The molecule has 2 nitrogen and oxygen atoms in total. The molecule has 14 heavy (non-hydrogen) atoms. The smallest absolute Gasteiger partial charge is 0.249 e. The molecular formula is C11H13NOS. The summed E-state index contributed by atoms with van der Waals surface area (Å²) in [7, 11) is 0. The minimum absolute atomic E-state index is 0.345. The fourth-order valence-electron chi connectivity index (χ4n) is 1.72. The molecule has 0 bridgehead atoms. The van der Waals surface area contributed by atoms with Crippen molar-refractivity contribution in [3.8, 4) is 0 Å². The van der Waals surface area contributed by atoms with Gasteiger partial charge >= 0.3 is 0 Å². The average Bonchev–Trinajstić information content (AvgIpc) is 2.92. The average molecular weight is 207 g/mol. The molecule has 0 aromatic heterocycles. The van der Waals surface area contributed by atoms with Gasteiger partial charge < -0.3 is 5.73 Å². The predicted molar refractivity (Wildman–Crippen MR) is 58.9 cm³/mol. The van der Waals surface area contributed by atoms with E-state index in [0.717, 1.165) is 28.9 Å². The molecule has 1 aliphatic carbocycles. The van der Waals surface area contributed by atoms with Crippen LogP contribution in [0.1, 0.15) is 40.2 Å². The van der Waals surface area contributed by atoms with Gasteiger partial charge in [0.05, 0.1) is 0 Å². The second-order valence-electron chi connectivity index (χ2n) is 3.83. The van der Waals surface area contributed by atoms with Crippen LogP contribution in [0.4, 0.5) is 0 Å². The van der Waals surface area contributed by atoms with Crippen molar-refractivity contribution in [2.45, 2.75) is 30.6 Å². The van der Waals surface area contributed by atoms with Gasteiger partial charge in [0.15, 0.2) is 0 Å². The Morgan fingerprint density at radius 3 is 2.64 bits per heavy atom. The molecule has 0 atom stereocenters. The summed E-state index contributed by atoms with van der Waals surface area (Å²) in [6.07, 6.45) is 2.30. The maximum Gasteiger partial charge on any atom is 0.249 e. The summed E-state index contributed by atoms with van der Waals surface area (Å²) in [4.78, 5) is 12.1. The van der Waals surface area contributed by atoms with Gasteiger partial charge in [-0.25, -0.2) is 0 Å². The molecule has 1 aliphatic rings. The zero-order valence-electron chi connectivity index (χ0n) is 8.08. The summed E-state index contributed by atoms with van der Waals surface area (Å²) >= 11 is 4.45. The SMILES string of the molecule is Cc1ccc(C(N)=O)c(C2CC2)c1S. The number of hydrogen-bond donors (Lipinski definition) is 2. The molecule has 0 unspecified atom stereocenters. The van der Waals surface area contributed by atoms with Crippen molar-refractivity contribution in [3.63, 3.8) is 0 Å². The van der Waals surface area contributed by atoms with Crippen molar-refractivity contribution in [3.05, 3.63) is 28.8 Å². The van der Waals surface area contributed by atoms with Gasteiger partial charge in [0.1, 0.15) is 0 Å². The third-order valence-electron chi connectivity index (χ3n) is 2.67. The number of nitrogens with two attached hydrogens (primary N) is 1. The first-order valence-corrected chi connectivity index (χ1v) is 5.18. The van der Waals surface area contributed by atoms with E-state index >= 15 is 0 Å². The Labute approximate surface area is 88.9 Å². The number of thiol groups is 1. The van der Waals surface area contributed by atoms with E-state index < -0.39 is 0 Å². The third kappa shape index (κ3) is 1.52. The molecule has 3 heteroatoms. The van der Waals surface area contributed by atoms with E-state index in [1.165, 1.54) is 0 Å². The molecule has 74 valence electrons. The number of amides is 1. The molecule has 2 N–H and O–H groups in total. The molecule has 1 amide bonds. The summed E-state index contributed by atoms with van der Waals surface area (Å²) in [5.74, 6) is 0.159. The van der Waals surface area contributed by atoms with E-state index in [1.807, 2.05) is 19.1 Å². The van der Waals surface area contributed by atoms with Gasteiger partial charge in [-0.05, 0) is 42.9 Å². The lowest BCUT2D eigenvalue weighted by Crippen LogP contribution is -2.14. The summed E-state index contributed by atoms with van der Waals surface area (Å²) in [5.41, 5.74) is 8.14. The minimum Gasteiger partial charge on any atom is -0.366 e. The van der Waals surface area contributed by atoms with Crippen LogP contribution >= 0.6 is 12.6 Å². The maximum atomic E-state index is 11.2. The van der Waals surface area contributed by atoms with Crippen LogP contribution in [0, 0.1) is 6.92 Å². The lowest BCUT2D eigenvalue weighted by atomic mass is 10.00. The number of benzene rings is 1. The fraction of sp³-hybridized carbons (Fsp3) is 0.364. The summed E-state index contributed by atoms with van der Waals surface area (Å²) in [5, 5.41) is 0. The number of primary amides is 1. The van der Waals surface area contributed by atoms with E-state index in [2.05, 4.69) is 12.6 Å². The molecule has 1 saturated carbocycles. The number of carbonyl (C=O) groups excluding carboxylic acids is 1. The molecule has 1 fully saturated rings. The van der Waals surface area contributed by atoms with Crippen LogP contribution in [-0.4, -0.2) is 5.91 Å². The summed E-state index contributed by atoms with van der Waals surface area (Å²) in [6, 6.07) is 3.71. The van der Waals surface area contributed by atoms with Crippen molar-refractivity contribution in [1.82, 2.24) is 0 Å². The molecule has 0 aliphatic heterocycles. The lowest BCUT2D eigenvalue weighted by Gasteiger charge is -2.10. The molecule has 0 radical (unpaired) electrons. The van der Waals surface area contributed by atoms with Crippen molar-refractivity contribution in [2.24, 2.45) is 5.73 Å². The van der Waals surface area contributed by atoms with Gasteiger partial charge in [-0.3, -0.25) is 4.79 Å². The van der Waals surface area contributed by atoms with E-state index in [1.54, 1.807) is 0 Å². The first-order valence-electron chi connectivity index (χ1n) is 4.73. The van der Waals surface area contributed by atoms with Gasteiger partial charge in [0, 0.05) is 10.5 Å². The summed E-state index contributed by atoms with van der Waals surface area (Å²) < 4.78 is 0. The standard InChI is InChI=1S/C11H13NOS/c1-6-2-5-8(11(12)13)9(10(6)14)7-3-4-7/h2,5,7,14H,3-4H2,1H3,(H2,12,13). The third-order valence-corrected chi connectivity index (χ3v) is 3.26. The Kier molecular flexibility index (Phi) is 2.27. The van der Waals surface area contributed by atoms with Gasteiger partial charge in [0.25, 0.3) is 0 Å². The normalized spacial score (nSPS) is 15.6. The second kappa shape index (κ2) is 3.31. The number of rotatable bonds is 2. The fourth-order valence-corrected chi connectivity index (χ4v) is 2.09. The van der Waals surface area contributed by atoms with Crippen LogP contribution < -0.4 is 5.73 Å². The highest BCUT2D eigenvalue weighted by Crippen LogP contribution is 2.45. The maximum absolute atomic E-state index is 11.2. The van der Waals surface area contributed by atoms with Crippen LogP contribution in [0.5, 0.6) is 0 Å². The molecule has 0 heterocycles. The molecule has 1 aromatic carbocycles. The first-order chi connectivity index (χ1) is 6.61. The monoisotopic (exact) mass is 207 g/mol. The second-order valence-corrected chi connectivity index (χ2v) is 4.28. The molecule has 0 saturated heterocycles. The Morgan fingerprint density at radius 2 is 2.14 bits per heavy atom. The van der Waals surface area contributed by atoms with Crippen molar-refractivity contribution >= 4 is 18.5 Å². The van der Waals surface area contributed by atoms with Crippen LogP contribution in [0.3, 0.4) is 0 Å². The van der Waals surface area contributed by atoms with Crippen LogP contribution in [0.2, 0.25) is 0 Å². The zero-order valence-corrected chi connectivity index (χ0v) is 8.97. The van der Waals surface area contributed by atoms with Crippen molar-refractivity contribution in [1.29, 1.82) is 0 Å². The highest BCUT2D eigenvalue weighted by molar-refractivity contribution is 7.80. The van der Waals surface area contributed by atoms with Crippen LogP contribution in [0.25, 0.3) is 0 Å². The van der Waals surface area contributed by atoms with Crippen LogP contribution in [-0.2, 0) is 0 Å². The number of carbonyl (C=O) groups is 1. The quantitative estimate of drug-likeness (QED) is 0.718. The Balaban J connectivity index is 2.59. The molecule has 1 aromatic rings. The van der Waals surface area contributed by atoms with E-state index in [-0.39, 0.29) is 5.91 Å². The Hall–Kier alpha value is -0.960. The Morgan fingerprint density at radius 1 is 1.50 bits per heavy atom. The van der Waals surface area contributed by atoms with Crippen LogP contribution in [0.15, 0.2) is 17.0 Å². The van der Waals surface area contributed by atoms with E-state index in [4.69, 9.17) is 5.73 Å². The van der Waals surface area contributed by atoms with Crippen molar-refractivity contribution in [2.75, 3.05) is 0 Å². The Bertz CT molecular complexity index is 397. The van der Waals surface area contributed by atoms with Gasteiger partial charge in [-0.15, -0.1) is 12.6 Å². The minimum atomic E-state index is -0.345. The molecular weight excluding hydrogens is 194 g/mol.